The lowest BCUT2D eigenvalue weighted by Crippen LogP contribution is -2.58. The first-order valence-corrected chi connectivity index (χ1v) is 20.0. The predicted molar refractivity (Wildman–Crippen MR) is 208 cm³/mol. The van der Waals surface area contributed by atoms with E-state index in [1.165, 1.54) is 50.7 Å². The van der Waals surface area contributed by atoms with Gasteiger partial charge in [-0.25, -0.2) is 0 Å². The molecule has 0 saturated heterocycles. The van der Waals surface area contributed by atoms with Crippen LogP contribution in [0.5, 0.6) is 11.5 Å². The molecule has 0 radical (unpaired) electrons. The monoisotopic (exact) mass is 722 g/mol. The highest BCUT2D eigenvalue weighted by atomic mass is 16.3. The van der Waals surface area contributed by atoms with Gasteiger partial charge in [-0.15, -0.1) is 0 Å². The molecule has 0 aromatic heterocycles. The molecule has 290 valence electrons. The molecule has 0 fully saturated rings. The van der Waals surface area contributed by atoms with Crippen molar-refractivity contribution in [3.05, 3.63) is 58.7 Å². The molecular weight excluding hydrogens is 656 g/mol. The number of rotatable bonds is 25. The summed E-state index contributed by atoms with van der Waals surface area (Å²) in [6, 6.07) is 9.99. The number of phenols is 2. The molecule has 4 amide bonds. The van der Waals surface area contributed by atoms with Crippen molar-refractivity contribution in [1.82, 2.24) is 21.7 Å². The second kappa shape index (κ2) is 25.0. The van der Waals surface area contributed by atoms with Crippen LogP contribution >= 0.6 is 0 Å². The van der Waals surface area contributed by atoms with Crippen molar-refractivity contribution < 1.29 is 29.4 Å². The van der Waals surface area contributed by atoms with E-state index in [-0.39, 0.29) is 35.5 Å². The summed E-state index contributed by atoms with van der Waals surface area (Å²) in [4.78, 5) is 54.3. The zero-order valence-electron chi connectivity index (χ0n) is 32.3. The molecular formula is C42H66N4O6. The fourth-order valence-corrected chi connectivity index (χ4v) is 6.58. The number of phenolic OH excluding ortho intramolecular Hbond substituents is 2. The topological polar surface area (TPSA) is 157 Å². The zero-order chi connectivity index (χ0) is 38.2. The number of amides is 4. The molecule has 0 bridgehead atoms. The molecule has 2 aromatic carbocycles. The summed E-state index contributed by atoms with van der Waals surface area (Å²) in [5.41, 5.74) is 9.57. The molecule has 10 nitrogen and oxygen atoms in total. The second-order valence-electron chi connectivity index (χ2n) is 14.1. The average molecular weight is 723 g/mol. The molecule has 0 saturated carbocycles. The highest BCUT2D eigenvalue weighted by molar-refractivity contribution is 6.07. The van der Waals surface area contributed by atoms with Gasteiger partial charge in [0.1, 0.15) is 16.9 Å². The van der Waals surface area contributed by atoms with Crippen molar-refractivity contribution in [2.45, 2.75) is 163 Å². The zero-order valence-corrected chi connectivity index (χ0v) is 32.3. The van der Waals surface area contributed by atoms with Crippen LogP contribution in [0.2, 0.25) is 0 Å². The Kier molecular flexibility index (Phi) is 21.2. The summed E-state index contributed by atoms with van der Waals surface area (Å²) in [6.45, 7) is 8.33. The van der Waals surface area contributed by atoms with Crippen LogP contribution in [0, 0.1) is 5.41 Å². The van der Waals surface area contributed by atoms with Gasteiger partial charge in [-0.1, -0.05) is 148 Å². The highest BCUT2D eigenvalue weighted by Crippen LogP contribution is 2.33. The van der Waals surface area contributed by atoms with E-state index in [1.54, 1.807) is 24.3 Å². The summed E-state index contributed by atoms with van der Waals surface area (Å²) in [5, 5.41) is 21.8. The summed E-state index contributed by atoms with van der Waals surface area (Å²) in [5.74, 6) is -3.05. The Morgan fingerprint density at radius 3 is 1.27 bits per heavy atom. The van der Waals surface area contributed by atoms with E-state index < -0.39 is 29.0 Å². The van der Waals surface area contributed by atoms with E-state index in [0.29, 0.717) is 43.2 Å². The van der Waals surface area contributed by atoms with Crippen LogP contribution in [0.15, 0.2) is 36.4 Å². The van der Waals surface area contributed by atoms with E-state index >= 15 is 0 Å². The number of aromatic hydroxyl groups is 2. The van der Waals surface area contributed by atoms with Gasteiger partial charge in [-0.2, -0.15) is 0 Å². The van der Waals surface area contributed by atoms with E-state index in [4.69, 9.17) is 0 Å². The minimum absolute atomic E-state index is 0.0316. The third kappa shape index (κ3) is 14.2. The first kappa shape index (κ1) is 44.1. The minimum Gasteiger partial charge on any atom is -0.507 e. The largest absolute Gasteiger partial charge is 0.507 e. The predicted octanol–water partition coefficient (Wildman–Crippen LogP) is 8.88. The van der Waals surface area contributed by atoms with Crippen LogP contribution in [-0.4, -0.2) is 33.8 Å². The standard InChI is InChI=1S/C42H66N4O6/c1-5-9-13-15-17-19-24-32-26-22-28-34(36(32)47)38(49)43-45-40(51)42(30-12-8-4,31-21-11-7-3)41(52)46-44-39(50)35-29-23-27-33(37(35)48)25-20-18-16-14-10-6-2/h22-23,26-29,47-48H,5-21,24-25,30-31H2,1-4H3,(H,43,49)(H,44,50)(H,45,51)(H,46,52). The molecule has 6 N–H and O–H groups in total. The van der Waals surface area contributed by atoms with Gasteiger partial charge in [-0.3, -0.25) is 40.9 Å². The van der Waals surface area contributed by atoms with E-state index in [9.17, 15) is 29.4 Å². The Bertz CT molecular complexity index is 1300. The number of hydrogen-bond donors (Lipinski definition) is 6. The second-order valence-corrected chi connectivity index (χ2v) is 14.1. The summed E-state index contributed by atoms with van der Waals surface area (Å²) < 4.78 is 0. The van der Waals surface area contributed by atoms with Crippen LogP contribution in [-0.2, 0) is 22.4 Å². The molecule has 0 atom stereocenters. The van der Waals surface area contributed by atoms with Crippen LogP contribution < -0.4 is 21.7 Å². The van der Waals surface area contributed by atoms with Crippen molar-refractivity contribution in [3.8, 4) is 11.5 Å². The number of hydrazine groups is 2. The first-order valence-electron chi connectivity index (χ1n) is 20.0. The maximum Gasteiger partial charge on any atom is 0.273 e. The SMILES string of the molecule is CCCCCCCCc1cccc(C(=O)NNC(=O)C(CCCC)(CCCCC)C(=O)NNC(=O)c2cccc(CCCCCCCC)c2O)c1O. The number of carbonyl (C=O) groups excluding carboxylic acids is 4. The van der Waals surface area contributed by atoms with Crippen molar-refractivity contribution in [2.75, 3.05) is 0 Å². The van der Waals surface area contributed by atoms with Crippen LogP contribution in [0.25, 0.3) is 0 Å². The normalized spacial score (nSPS) is 11.2. The summed E-state index contributed by atoms with van der Waals surface area (Å²) >= 11 is 0. The Labute approximate surface area is 312 Å². The number of unbranched alkanes of at least 4 members (excludes halogenated alkanes) is 13. The van der Waals surface area contributed by atoms with Gasteiger partial charge in [0.25, 0.3) is 23.6 Å². The third-order valence-corrected chi connectivity index (χ3v) is 9.94. The number of hydrogen-bond acceptors (Lipinski definition) is 6. The Hall–Kier alpha value is -4.08. The number of aryl methyl sites for hydroxylation is 2. The maximum atomic E-state index is 13.9. The molecule has 0 unspecified atom stereocenters. The lowest BCUT2D eigenvalue weighted by molar-refractivity contribution is -0.146. The number of benzene rings is 2. The van der Waals surface area contributed by atoms with Crippen molar-refractivity contribution in [3.63, 3.8) is 0 Å². The summed E-state index contributed by atoms with van der Waals surface area (Å²) in [7, 11) is 0. The molecule has 10 heteroatoms. The van der Waals surface area contributed by atoms with Gasteiger partial charge >= 0.3 is 0 Å². The number of nitrogens with one attached hydrogen (secondary N) is 4. The fraction of sp³-hybridized carbons (Fsp3) is 0.619. The van der Waals surface area contributed by atoms with Gasteiger partial charge in [0.2, 0.25) is 0 Å². The third-order valence-electron chi connectivity index (χ3n) is 9.94. The van der Waals surface area contributed by atoms with Gasteiger partial charge in [0.15, 0.2) is 0 Å². The first-order chi connectivity index (χ1) is 25.2. The lowest BCUT2D eigenvalue weighted by Gasteiger charge is -2.31. The number of carbonyl (C=O) groups is 4. The smallest absolute Gasteiger partial charge is 0.273 e. The fourth-order valence-electron chi connectivity index (χ4n) is 6.58. The van der Waals surface area contributed by atoms with Crippen LogP contribution in [0.1, 0.15) is 182 Å². The molecule has 0 spiro atoms. The van der Waals surface area contributed by atoms with Gasteiger partial charge < -0.3 is 10.2 Å². The Morgan fingerprint density at radius 1 is 0.481 bits per heavy atom. The Morgan fingerprint density at radius 2 is 0.846 bits per heavy atom. The molecule has 52 heavy (non-hydrogen) atoms. The lowest BCUT2D eigenvalue weighted by atomic mass is 9.76. The van der Waals surface area contributed by atoms with Crippen LogP contribution in [0.3, 0.4) is 0 Å². The molecule has 0 aliphatic rings. The van der Waals surface area contributed by atoms with Crippen molar-refractivity contribution in [1.29, 1.82) is 0 Å². The molecule has 0 aliphatic carbocycles. The minimum atomic E-state index is -1.60. The quantitative estimate of drug-likeness (QED) is 0.0342. The van der Waals surface area contributed by atoms with Gasteiger partial charge in [-0.05, 0) is 61.8 Å². The molecule has 2 rings (SSSR count). The average Bonchev–Trinajstić information content (AvgIpc) is 3.14. The molecule has 0 heterocycles. The van der Waals surface area contributed by atoms with Crippen molar-refractivity contribution in [2.24, 2.45) is 5.41 Å². The highest BCUT2D eigenvalue weighted by Gasteiger charge is 2.45. The van der Waals surface area contributed by atoms with Gasteiger partial charge in [0.05, 0.1) is 11.1 Å². The summed E-state index contributed by atoms with van der Waals surface area (Å²) in [6.07, 6.45) is 18.4. The van der Waals surface area contributed by atoms with Crippen molar-refractivity contribution >= 4 is 23.6 Å². The van der Waals surface area contributed by atoms with E-state index in [2.05, 4.69) is 35.6 Å². The van der Waals surface area contributed by atoms with E-state index in [1.807, 2.05) is 13.8 Å². The van der Waals surface area contributed by atoms with Gasteiger partial charge in [0, 0.05) is 0 Å². The molecule has 2 aromatic rings. The van der Waals surface area contributed by atoms with E-state index in [0.717, 1.165) is 51.4 Å². The Balaban J connectivity index is 2.15. The number of para-hydroxylation sites is 2. The molecule has 0 aliphatic heterocycles. The van der Waals surface area contributed by atoms with Crippen LogP contribution in [0.4, 0.5) is 0 Å². The maximum absolute atomic E-state index is 13.9.